The third-order valence-corrected chi connectivity index (χ3v) is 4.85. The highest BCUT2D eigenvalue weighted by Crippen LogP contribution is 2.35. The normalized spacial score (nSPS) is 30.9. The molecule has 5 N–H and O–H groups in total. The molecule has 2 aliphatic rings. The van der Waals surface area contributed by atoms with Crippen LogP contribution in [0.1, 0.15) is 19.6 Å². The zero-order valence-electron chi connectivity index (χ0n) is 14.9. The van der Waals surface area contributed by atoms with E-state index in [1.54, 1.807) is 4.57 Å². The molecule has 0 saturated carbocycles. The molecule has 148 valence electrons. The molecular formula is C16H24N6O5. The van der Waals surface area contributed by atoms with E-state index in [4.69, 9.17) is 9.47 Å². The third-order valence-electron chi connectivity index (χ3n) is 4.85. The van der Waals surface area contributed by atoms with Crippen molar-refractivity contribution in [3.8, 4) is 0 Å². The summed E-state index contributed by atoms with van der Waals surface area (Å²) in [5.41, 5.74) is 0.982. The predicted octanol–water partition coefficient (Wildman–Crippen LogP) is -0.930. The fourth-order valence-electron chi connectivity index (χ4n) is 3.47. The Morgan fingerprint density at radius 1 is 1.30 bits per heavy atom. The van der Waals surface area contributed by atoms with Crippen molar-refractivity contribution in [2.24, 2.45) is 0 Å². The maximum Gasteiger partial charge on any atom is 0.207 e. The first-order chi connectivity index (χ1) is 13.1. The Labute approximate surface area is 155 Å². The Kier molecular flexibility index (Phi) is 5.10. The molecule has 27 heavy (non-hydrogen) atoms. The molecule has 0 aromatic carbocycles. The molecule has 2 aromatic heterocycles. The van der Waals surface area contributed by atoms with Gasteiger partial charge in [-0.15, -0.1) is 0 Å². The van der Waals surface area contributed by atoms with Gasteiger partial charge in [0.25, 0.3) is 0 Å². The second-order valence-corrected chi connectivity index (χ2v) is 6.66. The molecule has 2 aromatic rings. The summed E-state index contributed by atoms with van der Waals surface area (Å²) in [6.45, 7) is 3.40. The number of rotatable bonds is 6. The highest BCUT2D eigenvalue weighted by atomic mass is 16.6. The van der Waals surface area contributed by atoms with E-state index < -0.39 is 31.1 Å². The summed E-state index contributed by atoms with van der Waals surface area (Å²) in [7, 11) is 0. The maximum atomic E-state index is 10.4. The molecule has 2 aliphatic heterocycles. The molecule has 11 nitrogen and oxygen atoms in total. The van der Waals surface area contributed by atoms with Crippen molar-refractivity contribution in [3.63, 3.8) is 0 Å². The van der Waals surface area contributed by atoms with E-state index in [-0.39, 0.29) is 6.04 Å². The van der Waals surface area contributed by atoms with Gasteiger partial charge in [-0.05, 0) is 13.3 Å². The molecule has 4 heterocycles. The average Bonchev–Trinajstić information content (AvgIpc) is 3.36. The van der Waals surface area contributed by atoms with Crippen LogP contribution in [-0.2, 0) is 9.47 Å². The highest BCUT2D eigenvalue weighted by Gasteiger charge is 2.45. The lowest BCUT2D eigenvalue weighted by atomic mass is 10.1. The van der Waals surface area contributed by atoms with Gasteiger partial charge in [0.2, 0.25) is 5.95 Å². The van der Waals surface area contributed by atoms with Crippen molar-refractivity contribution >= 4 is 22.9 Å². The van der Waals surface area contributed by atoms with Crippen molar-refractivity contribution in [1.29, 1.82) is 0 Å². The first kappa shape index (κ1) is 18.3. The SMILES string of the molecule is CCNc1nc2c(N[C@@H]3CCOC3)ncnc2n1[C@@H]1O[C@H](CO)[C@@H](O)[C@H]1O. The average molecular weight is 380 g/mol. The molecule has 2 fully saturated rings. The van der Waals surface area contributed by atoms with E-state index in [1.807, 2.05) is 6.92 Å². The van der Waals surface area contributed by atoms with Gasteiger partial charge in [-0.25, -0.2) is 15.0 Å². The van der Waals surface area contributed by atoms with Gasteiger partial charge >= 0.3 is 0 Å². The van der Waals surface area contributed by atoms with Crippen LogP contribution < -0.4 is 10.6 Å². The van der Waals surface area contributed by atoms with Crippen LogP contribution in [0.3, 0.4) is 0 Å². The first-order valence-corrected chi connectivity index (χ1v) is 9.07. The first-order valence-electron chi connectivity index (χ1n) is 9.07. The molecular weight excluding hydrogens is 356 g/mol. The third kappa shape index (κ3) is 3.21. The summed E-state index contributed by atoms with van der Waals surface area (Å²) in [6, 6.07) is 0.143. The van der Waals surface area contributed by atoms with E-state index in [2.05, 4.69) is 25.6 Å². The molecule has 11 heteroatoms. The minimum Gasteiger partial charge on any atom is -0.394 e. The summed E-state index contributed by atoms with van der Waals surface area (Å²) in [4.78, 5) is 13.2. The molecule has 0 amide bonds. The maximum absolute atomic E-state index is 10.4. The Morgan fingerprint density at radius 3 is 2.81 bits per heavy atom. The van der Waals surface area contributed by atoms with Crippen molar-refractivity contribution in [2.75, 3.05) is 37.0 Å². The number of hydrogen-bond donors (Lipinski definition) is 5. The van der Waals surface area contributed by atoms with Crippen LogP contribution >= 0.6 is 0 Å². The number of anilines is 2. The summed E-state index contributed by atoms with van der Waals surface area (Å²) < 4.78 is 12.7. The minimum atomic E-state index is -1.23. The van der Waals surface area contributed by atoms with E-state index in [0.29, 0.717) is 42.7 Å². The lowest BCUT2D eigenvalue weighted by Crippen LogP contribution is -2.33. The number of fused-ring (bicyclic) bond motifs is 1. The number of hydrogen-bond acceptors (Lipinski definition) is 10. The lowest BCUT2D eigenvalue weighted by molar-refractivity contribution is -0.0501. The van der Waals surface area contributed by atoms with Crippen molar-refractivity contribution in [1.82, 2.24) is 19.5 Å². The zero-order chi connectivity index (χ0) is 19.0. The zero-order valence-corrected chi connectivity index (χ0v) is 14.9. The van der Waals surface area contributed by atoms with Crippen LogP contribution in [-0.4, -0.2) is 85.6 Å². The Balaban J connectivity index is 1.76. The number of aliphatic hydroxyl groups is 3. The second kappa shape index (κ2) is 7.52. The Bertz CT molecular complexity index is 795. The van der Waals surface area contributed by atoms with Crippen LogP contribution in [0.15, 0.2) is 6.33 Å². The smallest absolute Gasteiger partial charge is 0.207 e. The summed E-state index contributed by atoms with van der Waals surface area (Å²) >= 11 is 0. The van der Waals surface area contributed by atoms with E-state index >= 15 is 0 Å². The quantitative estimate of drug-likeness (QED) is 0.426. The van der Waals surface area contributed by atoms with E-state index in [1.165, 1.54) is 6.33 Å². The van der Waals surface area contributed by atoms with Crippen LogP contribution in [0.5, 0.6) is 0 Å². The Morgan fingerprint density at radius 2 is 2.15 bits per heavy atom. The molecule has 5 atom stereocenters. The molecule has 0 aliphatic carbocycles. The van der Waals surface area contributed by atoms with Crippen molar-refractivity contribution < 1.29 is 24.8 Å². The van der Waals surface area contributed by atoms with Gasteiger partial charge in [-0.1, -0.05) is 0 Å². The van der Waals surface area contributed by atoms with Crippen LogP contribution in [0.25, 0.3) is 11.2 Å². The minimum absolute atomic E-state index is 0.143. The molecule has 0 spiro atoms. The van der Waals surface area contributed by atoms with Crippen LogP contribution in [0.2, 0.25) is 0 Å². The van der Waals surface area contributed by atoms with Gasteiger partial charge in [0.1, 0.15) is 24.6 Å². The number of nitrogens with zero attached hydrogens (tertiary/aromatic N) is 4. The fraction of sp³-hybridized carbons (Fsp3) is 0.688. The molecule has 2 saturated heterocycles. The highest BCUT2D eigenvalue weighted by molar-refractivity contribution is 5.85. The fourth-order valence-corrected chi connectivity index (χ4v) is 3.47. The van der Waals surface area contributed by atoms with E-state index in [0.717, 1.165) is 6.42 Å². The van der Waals surface area contributed by atoms with Gasteiger partial charge in [-0.2, -0.15) is 0 Å². The number of imidazole rings is 1. The van der Waals surface area contributed by atoms with Crippen LogP contribution in [0, 0.1) is 0 Å². The van der Waals surface area contributed by atoms with Crippen molar-refractivity contribution in [2.45, 2.75) is 43.9 Å². The van der Waals surface area contributed by atoms with Gasteiger partial charge in [0, 0.05) is 13.2 Å². The van der Waals surface area contributed by atoms with Gasteiger partial charge in [0.15, 0.2) is 23.2 Å². The number of nitrogens with one attached hydrogen (secondary N) is 2. The molecule has 0 radical (unpaired) electrons. The standard InChI is InChI=1S/C16H24N6O5/c1-2-17-16-21-10-13(20-8-3-4-26-6-8)18-7-19-14(10)22(16)15-12(25)11(24)9(5-23)27-15/h7-9,11-12,15,23-25H,2-6H2,1H3,(H,17,21)(H,18,19,20)/t8-,9-,11-,12-,15-/m1/s1. The summed E-state index contributed by atoms with van der Waals surface area (Å²) in [5.74, 6) is 1.01. The van der Waals surface area contributed by atoms with Gasteiger partial charge < -0.3 is 35.4 Å². The lowest BCUT2D eigenvalue weighted by Gasteiger charge is -2.19. The topological polar surface area (TPSA) is 147 Å². The van der Waals surface area contributed by atoms with Gasteiger partial charge in [0.05, 0.1) is 19.3 Å². The Hall–Kier alpha value is -2.05. The number of ether oxygens (including phenoxy) is 2. The van der Waals surface area contributed by atoms with Crippen molar-refractivity contribution in [3.05, 3.63) is 6.33 Å². The monoisotopic (exact) mass is 380 g/mol. The van der Waals surface area contributed by atoms with Crippen LogP contribution in [0.4, 0.5) is 11.8 Å². The molecule has 0 unspecified atom stereocenters. The van der Waals surface area contributed by atoms with E-state index in [9.17, 15) is 15.3 Å². The largest absolute Gasteiger partial charge is 0.394 e. The number of aliphatic hydroxyl groups excluding tert-OH is 3. The molecule has 0 bridgehead atoms. The second-order valence-electron chi connectivity index (χ2n) is 6.66. The summed E-state index contributed by atoms with van der Waals surface area (Å²) in [6.07, 6.45) is -1.97. The summed E-state index contributed by atoms with van der Waals surface area (Å²) in [5, 5.41) is 36.4. The van der Waals surface area contributed by atoms with Gasteiger partial charge in [-0.3, -0.25) is 4.57 Å². The number of aromatic nitrogens is 4. The predicted molar refractivity (Wildman–Crippen MR) is 95.3 cm³/mol. The molecule has 4 rings (SSSR count).